The summed E-state index contributed by atoms with van der Waals surface area (Å²) in [5.74, 6) is 0.702. The van der Waals surface area contributed by atoms with E-state index in [4.69, 9.17) is 33.3 Å². The average molecular weight is 434 g/mol. The zero-order valence-corrected chi connectivity index (χ0v) is 18.1. The molecular weight excluding hydrogens is 410 g/mol. The number of likely N-dealkylation sites (N-methyl/N-ethyl adjacent to an activating group) is 1. The summed E-state index contributed by atoms with van der Waals surface area (Å²) in [6.07, 6.45) is 0. The van der Waals surface area contributed by atoms with Crippen molar-refractivity contribution in [2.24, 2.45) is 0 Å². The van der Waals surface area contributed by atoms with Crippen LogP contribution in [-0.2, 0) is 4.79 Å². The Morgan fingerprint density at radius 3 is 2.55 bits per heavy atom. The molecular formula is C21H24ClN3O3S. The van der Waals surface area contributed by atoms with E-state index in [0.717, 1.165) is 36.7 Å². The van der Waals surface area contributed by atoms with Gasteiger partial charge in [0.25, 0.3) is 5.91 Å². The molecule has 29 heavy (non-hydrogen) atoms. The van der Waals surface area contributed by atoms with Crippen LogP contribution in [-0.4, -0.2) is 67.6 Å². The fourth-order valence-electron chi connectivity index (χ4n) is 3.00. The van der Waals surface area contributed by atoms with E-state index in [1.54, 1.807) is 37.4 Å². The predicted octanol–water partition coefficient (Wildman–Crippen LogP) is 3.29. The van der Waals surface area contributed by atoms with E-state index in [0.29, 0.717) is 22.2 Å². The van der Waals surface area contributed by atoms with Gasteiger partial charge in [0, 0.05) is 31.7 Å². The molecule has 2 aromatic rings. The molecule has 0 radical (unpaired) electrons. The summed E-state index contributed by atoms with van der Waals surface area (Å²) >= 11 is 11.7. The lowest BCUT2D eigenvalue weighted by molar-refractivity contribution is -0.118. The first-order valence-electron chi connectivity index (χ1n) is 9.31. The van der Waals surface area contributed by atoms with Gasteiger partial charge in [0.1, 0.15) is 4.99 Å². The van der Waals surface area contributed by atoms with E-state index in [-0.39, 0.29) is 12.5 Å². The van der Waals surface area contributed by atoms with Crippen molar-refractivity contribution in [1.82, 2.24) is 9.80 Å². The van der Waals surface area contributed by atoms with Crippen LogP contribution in [0.4, 0.5) is 5.69 Å². The Kier molecular flexibility index (Phi) is 7.30. The molecule has 0 bridgehead atoms. The monoisotopic (exact) mass is 433 g/mol. The van der Waals surface area contributed by atoms with Crippen LogP contribution in [0, 0.1) is 0 Å². The highest BCUT2D eigenvalue weighted by molar-refractivity contribution is 7.80. The third-order valence-electron chi connectivity index (χ3n) is 4.71. The number of halogens is 1. The van der Waals surface area contributed by atoms with Gasteiger partial charge in [-0.05, 0) is 37.4 Å². The number of anilines is 1. The van der Waals surface area contributed by atoms with Crippen molar-refractivity contribution < 1.29 is 14.3 Å². The standard InChI is InChI=1S/C21H24ClN3O3S/c1-24-9-11-25(12-10-24)21(29)15-7-8-18(19(13-15)27-2)28-14-20(26)23-17-6-4-3-5-16(17)22/h3-8,13H,9-12,14H2,1-2H3,(H,23,26). The van der Waals surface area contributed by atoms with Crippen molar-refractivity contribution in [3.8, 4) is 11.5 Å². The van der Waals surface area contributed by atoms with E-state index in [2.05, 4.69) is 22.2 Å². The number of hydrogen-bond acceptors (Lipinski definition) is 5. The fourth-order valence-corrected chi connectivity index (χ4v) is 3.50. The van der Waals surface area contributed by atoms with Gasteiger partial charge in [0.15, 0.2) is 18.1 Å². The van der Waals surface area contributed by atoms with E-state index in [1.165, 1.54) is 0 Å². The van der Waals surface area contributed by atoms with E-state index in [9.17, 15) is 4.79 Å². The molecule has 0 atom stereocenters. The number of carbonyl (C=O) groups is 1. The number of ether oxygens (including phenoxy) is 2. The second kappa shape index (κ2) is 9.91. The summed E-state index contributed by atoms with van der Waals surface area (Å²) < 4.78 is 11.1. The number of nitrogens with one attached hydrogen (secondary N) is 1. The smallest absolute Gasteiger partial charge is 0.262 e. The van der Waals surface area contributed by atoms with Crippen LogP contribution < -0.4 is 14.8 Å². The van der Waals surface area contributed by atoms with E-state index in [1.807, 2.05) is 12.1 Å². The summed E-state index contributed by atoms with van der Waals surface area (Å²) in [6, 6.07) is 12.6. The molecule has 1 aliphatic heterocycles. The predicted molar refractivity (Wildman–Crippen MR) is 119 cm³/mol. The minimum Gasteiger partial charge on any atom is -0.493 e. The molecule has 1 fully saturated rings. The second-order valence-corrected chi connectivity index (χ2v) is 7.57. The largest absolute Gasteiger partial charge is 0.493 e. The maximum Gasteiger partial charge on any atom is 0.262 e. The van der Waals surface area contributed by atoms with Gasteiger partial charge in [-0.2, -0.15) is 0 Å². The molecule has 8 heteroatoms. The summed E-state index contributed by atoms with van der Waals surface area (Å²) in [7, 11) is 3.67. The molecule has 1 heterocycles. The first-order chi connectivity index (χ1) is 14.0. The van der Waals surface area contributed by atoms with Gasteiger partial charge in [-0.1, -0.05) is 36.0 Å². The Morgan fingerprint density at radius 2 is 1.86 bits per heavy atom. The molecule has 0 unspecified atom stereocenters. The summed E-state index contributed by atoms with van der Waals surface area (Å²) in [6.45, 7) is 3.61. The maximum absolute atomic E-state index is 12.2. The normalized spacial score (nSPS) is 14.4. The second-order valence-electron chi connectivity index (χ2n) is 6.78. The van der Waals surface area contributed by atoms with E-state index >= 15 is 0 Å². The molecule has 3 rings (SSSR count). The number of piperazine rings is 1. The lowest BCUT2D eigenvalue weighted by atomic mass is 10.1. The van der Waals surface area contributed by atoms with Crippen molar-refractivity contribution in [3.63, 3.8) is 0 Å². The molecule has 1 amide bonds. The van der Waals surface area contributed by atoms with Gasteiger partial charge in [0.2, 0.25) is 0 Å². The molecule has 1 aliphatic rings. The van der Waals surface area contributed by atoms with Gasteiger partial charge in [-0.3, -0.25) is 4.79 Å². The fraction of sp³-hybridized carbons (Fsp3) is 0.333. The number of para-hydroxylation sites is 1. The third-order valence-corrected chi connectivity index (χ3v) is 5.53. The number of hydrogen-bond donors (Lipinski definition) is 1. The number of rotatable bonds is 6. The minimum absolute atomic E-state index is 0.163. The number of nitrogens with zero attached hydrogens (tertiary/aromatic N) is 2. The third kappa shape index (κ3) is 5.59. The van der Waals surface area contributed by atoms with Crippen LogP contribution in [0.15, 0.2) is 42.5 Å². The molecule has 0 spiro atoms. The molecule has 6 nitrogen and oxygen atoms in total. The number of benzene rings is 2. The molecule has 0 saturated carbocycles. The first kappa shape index (κ1) is 21.4. The average Bonchev–Trinajstić information content (AvgIpc) is 2.74. The van der Waals surface area contributed by atoms with Crippen molar-refractivity contribution in [3.05, 3.63) is 53.1 Å². The van der Waals surface area contributed by atoms with Gasteiger partial charge in [-0.25, -0.2) is 0 Å². The molecule has 0 aromatic heterocycles. The number of carbonyl (C=O) groups excluding carboxylic acids is 1. The van der Waals surface area contributed by atoms with Gasteiger partial charge in [0.05, 0.1) is 17.8 Å². The van der Waals surface area contributed by atoms with Crippen LogP contribution in [0.1, 0.15) is 5.56 Å². The Bertz CT molecular complexity index is 885. The van der Waals surface area contributed by atoms with Crippen molar-refractivity contribution in [2.45, 2.75) is 0 Å². The Labute approximate surface area is 181 Å². The molecule has 2 aromatic carbocycles. The topological polar surface area (TPSA) is 54.0 Å². The SMILES string of the molecule is COc1cc(C(=S)N2CCN(C)CC2)ccc1OCC(=O)Nc1ccccc1Cl. The first-order valence-corrected chi connectivity index (χ1v) is 10.1. The zero-order valence-electron chi connectivity index (χ0n) is 16.5. The lowest BCUT2D eigenvalue weighted by Crippen LogP contribution is -2.46. The maximum atomic E-state index is 12.2. The summed E-state index contributed by atoms with van der Waals surface area (Å²) in [5, 5.41) is 3.20. The number of methoxy groups -OCH3 is 1. The zero-order chi connectivity index (χ0) is 20.8. The van der Waals surface area contributed by atoms with Gasteiger partial charge < -0.3 is 24.6 Å². The van der Waals surface area contributed by atoms with E-state index < -0.39 is 0 Å². The molecule has 154 valence electrons. The highest BCUT2D eigenvalue weighted by Crippen LogP contribution is 2.29. The Hall–Kier alpha value is -2.35. The van der Waals surface area contributed by atoms with Crippen molar-refractivity contribution >= 4 is 40.4 Å². The van der Waals surface area contributed by atoms with Gasteiger partial charge >= 0.3 is 0 Å². The van der Waals surface area contributed by atoms with Crippen LogP contribution in [0.5, 0.6) is 11.5 Å². The van der Waals surface area contributed by atoms with Crippen LogP contribution >= 0.6 is 23.8 Å². The van der Waals surface area contributed by atoms with Crippen LogP contribution in [0.2, 0.25) is 5.02 Å². The summed E-state index contributed by atoms with van der Waals surface area (Å²) in [4.78, 5) is 17.4. The highest BCUT2D eigenvalue weighted by Gasteiger charge is 2.19. The number of thiocarbonyl (C=S) groups is 1. The highest BCUT2D eigenvalue weighted by atomic mass is 35.5. The Morgan fingerprint density at radius 1 is 1.14 bits per heavy atom. The quantitative estimate of drug-likeness (QED) is 0.705. The molecule has 1 saturated heterocycles. The minimum atomic E-state index is -0.308. The van der Waals surface area contributed by atoms with Crippen molar-refractivity contribution in [1.29, 1.82) is 0 Å². The van der Waals surface area contributed by atoms with Crippen LogP contribution in [0.25, 0.3) is 0 Å². The lowest BCUT2D eigenvalue weighted by Gasteiger charge is -2.34. The van der Waals surface area contributed by atoms with Gasteiger partial charge in [-0.15, -0.1) is 0 Å². The summed E-state index contributed by atoms with van der Waals surface area (Å²) in [5.41, 5.74) is 1.44. The number of amides is 1. The van der Waals surface area contributed by atoms with Crippen molar-refractivity contribution in [2.75, 3.05) is 52.3 Å². The van der Waals surface area contributed by atoms with Crippen LogP contribution in [0.3, 0.4) is 0 Å². The molecule has 1 N–H and O–H groups in total. The Balaban J connectivity index is 1.62. The molecule has 0 aliphatic carbocycles.